The molecule has 0 bridgehead atoms. The van der Waals surface area contributed by atoms with Gasteiger partial charge < -0.3 is 20.0 Å². The van der Waals surface area contributed by atoms with Gasteiger partial charge in [-0.1, -0.05) is 6.92 Å². The van der Waals surface area contributed by atoms with E-state index in [9.17, 15) is 9.59 Å². The van der Waals surface area contributed by atoms with E-state index in [-0.39, 0.29) is 17.4 Å². The van der Waals surface area contributed by atoms with E-state index in [4.69, 9.17) is 0 Å². The Morgan fingerprint density at radius 1 is 1.20 bits per heavy atom. The molecule has 3 heterocycles. The van der Waals surface area contributed by atoms with Crippen LogP contribution in [0.5, 0.6) is 0 Å². The summed E-state index contributed by atoms with van der Waals surface area (Å²) in [5, 5.41) is 11.8. The fourth-order valence-electron chi connectivity index (χ4n) is 3.55. The molecule has 9 nitrogen and oxygen atoms in total. The summed E-state index contributed by atoms with van der Waals surface area (Å²) in [6.07, 6.45) is 1.29. The molecule has 1 unspecified atom stereocenters. The number of carbonyl (C=O) groups excluding carboxylic acids is 2. The summed E-state index contributed by atoms with van der Waals surface area (Å²) < 4.78 is 2.03. The third-order valence-electron chi connectivity index (χ3n) is 5.19. The van der Waals surface area contributed by atoms with E-state index in [0.29, 0.717) is 26.1 Å². The number of amides is 3. The van der Waals surface area contributed by atoms with Gasteiger partial charge in [-0.2, -0.15) is 0 Å². The molecule has 2 aliphatic rings. The monoisotopic (exact) mass is 349 g/mol. The molecule has 138 valence electrons. The van der Waals surface area contributed by atoms with Crippen LogP contribution < -0.4 is 10.2 Å². The van der Waals surface area contributed by atoms with Crippen molar-refractivity contribution in [3.05, 3.63) is 5.82 Å². The summed E-state index contributed by atoms with van der Waals surface area (Å²) in [6, 6.07) is 0.0452. The summed E-state index contributed by atoms with van der Waals surface area (Å²) in [4.78, 5) is 29.1. The Morgan fingerprint density at radius 3 is 2.44 bits per heavy atom. The van der Waals surface area contributed by atoms with Crippen LogP contribution in [-0.4, -0.2) is 83.3 Å². The van der Waals surface area contributed by atoms with Gasteiger partial charge in [-0.05, 0) is 6.42 Å². The third-order valence-corrected chi connectivity index (χ3v) is 5.19. The first kappa shape index (κ1) is 17.5. The van der Waals surface area contributed by atoms with E-state index < -0.39 is 0 Å². The Hall–Kier alpha value is -2.32. The molecule has 0 spiro atoms. The number of hydrogen-bond acceptors (Lipinski definition) is 5. The largest absolute Gasteiger partial charge is 0.355 e. The first-order valence-electron chi connectivity index (χ1n) is 8.69. The lowest BCUT2D eigenvalue weighted by atomic mass is 9.81. The lowest BCUT2D eigenvalue weighted by molar-refractivity contribution is -0.123. The zero-order valence-electron chi connectivity index (χ0n) is 15.4. The highest BCUT2D eigenvalue weighted by Crippen LogP contribution is 2.31. The second-order valence-corrected chi connectivity index (χ2v) is 7.37. The lowest BCUT2D eigenvalue weighted by Crippen LogP contribution is -2.52. The number of urea groups is 1. The molecular weight excluding hydrogens is 322 g/mol. The normalized spacial score (nSPS) is 24.2. The van der Waals surface area contributed by atoms with Gasteiger partial charge in [-0.15, -0.1) is 10.2 Å². The van der Waals surface area contributed by atoms with E-state index in [1.54, 1.807) is 19.0 Å². The van der Waals surface area contributed by atoms with Crippen molar-refractivity contribution in [2.75, 3.05) is 51.7 Å². The van der Waals surface area contributed by atoms with Crippen molar-refractivity contribution in [3.63, 3.8) is 0 Å². The number of nitrogens with one attached hydrogen (secondary N) is 1. The number of anilines is 1. The van der Waals surface area contributed by atoms with Crippen LogP contribution in [-0.2, 0) is 17.3 Å². The van der Waals surface area contributed by atoms with Crippen molar-refractivity contribution in [2.45, 2.75) is 25.2 Å². The SMILES string of the molecule is CN(C)C(=O)N1CCN(c2nnc(C3(C)CCC(=O)NC3)n2C)CC1. The Balaban J connectivity index is 1.70. The highest BCUT2D eigenvalue weighted by atomic mass is 16.2. The molecular formula is C16H27N7O2. The molecule has 1 aromatic heterocycles. The highest BCUT2D eigenvalue weighted by molar-refractivity contribution is 5.77. The van der Waals surface area contributed by atoms with Crippen LogP contribution in [0, 0.1) is 0 Å². The number of aromatic nitrogens is 3. The van der Waals surface area contributed by atoms with E-state index in [1.165, 1.54) is 0 Å². The second-order valence-electron chi connectivity index (χ2n) is 7.37. The standard InChI is InChI=1S/C16H27N7O2/c1-16(6-5-12(24)17-11-16)13-18-19-14(21(13)4)22-7-9-23(10-8-22)15(25)20(2)3/h5-11H2,1-4H3,(H,17,24). The highest BCUT2D eigenvalue weighted by Gasteiger charge is 2.37. The molecule has 2 saturated heterocycles. The average Bonchev–Trinajstić information content (AvgIpc) is 2.99. The Bertz CT molecular complexity index is 651. The molecule has 9 heteroatoms. The summed E-state index contributed by atoms with van der Waals surface area (Å²) in [6.45, 7) is 5.52. The van der Waals surface area contributed by atoms with Gasteiger partial charge in [-0.3, -0.25) is 9.36 Å². The topological polar surface area (TPSA) is 86.6 Å². The minimum Gasteiger partial charge on any atom is -0.355 e. The van der Waals surface area contributed by atoms with Crippen molar-refractivity contribution < 1.29 is 9.59 Å². The summed E-state index contributed by atoms with van der Waals surface area (Å²) >= 11 is 0. The molecule has 0 saturated carbocycles. The van der Waals surface area contributed by atoms with Gasteiger partial charge in [0.15, 0.2) is 0 Å². The van der Waals surface area contributed by atoms with Crippen LogP contribution in [0.4, 0.5) is 10.7 Å². The van der Waals surface area contributed by atoms with Gasteiger partial charge in [-0.25, -0.2) is 4.79 Å². The summed E-state index contributed by atoms with van der Waals surface area (Å²) in [5.74, 6) is 1.82. The van der Waals surface area contributed by atoms with Gasteiger partial charge in [0, 0.05) is 65.7 Å². The third kappa shape index (κ3) is 3.27. The number of nitrogens with zero attached hydrogens (tertiary/aromatic N) is 6. The van der Waals surface area contributed by atoms with Crippen LogP contribution in [0.25, 0.3) is 0 Å². The Labute approximate surface area is 148 Å². The van der Waals surface area contributed by atoms with Crippen molar-refractivity contribution in [2.24, 2.45) is 7.05 Å². The predicted molar refractivity (Wildman–Crippen MR) is 93.5 cm³/mol. The maximum absolute atomic E-state index is 12.1. The zero-order valence-corrected chi connectivity index (χ0v) is 15.4. The van der Waals surface area contributed by atoms with Gasteiger partial charge in [0.25, 0.3) is 0 Å². The van der Waals surface area contributed by atoms with E-state index in [1.807, 2.05) is 16.5 Å². The number of piperidine rings is 1. The Morgan fingerprint density at radius 2 is 1.88 bits per heavy atom. The number of hydrogen-bond donors (Lipinski definition) is 1. The molecule has 3 amide bonds. The quantitative estimate of drug-likeness (QED) is 0.798. The maximum atomic E-state index is 12.1. The predicted octanol–water partition coefficient (Wildman–Crippen LogP) is -0.214. The van der Waals surface area contributed by atoms with Gasteiger partial charge in [0.05, 0.1) is 0 Å². The first-order valence-corrected chi connectivity index (χ1v) is 8.69. The molecule has 25 heavy (non-hydrogen) atoms. The first-order chi connectivity index (χ1) is 11.8. The zero-order chi connectivity index (χ0) is 18.2. The number of rotatable bonds is 2. The molecule has 1 aromatic rings. The summed E-state index contributed by atoms with van der Waals surface area (Å²) in [5.41, 5.74) is -0.198. The van der Waals surface area contributed by atoms with Crippen molar-refractivity contribution in [1.82, 2.24) is 29.9 Å². The van der Waals surface area contributed by atoms with Gasteiger partial charge >= 0.3 is 6.03 Å². The van der Waals surface area contributed by atoms with Crippen LogP contribution in [0.1, 0.15) is 25.6 Å². The smallest absolute Gasteiger partial charge is 0.319 e. The molecule has 2 fully saturated rings. The van der Waals surface area contributed by atoms with Crippen LogP contribution in [0.2, 0.25) is 0 Å². The van der Waals surface area contributed by atoms with Gasteiger partial charge in [0.1, 0.15) is 5.82 Å². The molecule has 0 aliphatic carbocycles. The fraction of sp³-hybridized carbons (Fsp3) is 0.750. The van der Waals surface area contributed by atoms with Crippen molar-refractivity contribution >= 4 is 17.9 Å². The molecule has 0 aromatic carbocycles. The van der Waals surface area contributed by atoms with E-state index >= 15 is 0 Å². The lowest BCUT2D eigenvalue weighted by Gasteiger charge is -2.36. The van der Waals surface area contributed by atoms with Crippen LogP contribution >= 0.6 is 0 Å². The van der Waals surface area contributed by atoms with Crippen LogP contribution in [0.15, 0.2) is 0 Å². The van der Waals surface area contributed by atoms with E-state index in [0.717, 1.165) is 31.3 Å². The fourth-order valence-corrected chi connectivity index (χ4v) is 3.55. The minimum absolute atomic E-state index is 0.0452. The Kier molecular flexibility index (Phi) is 4.57. The molecule has 1 N–H and O–H groups in total. The molecule has 3 rings (SSSR count). The van der Waals surface area contributed by atoms with E-state index in [2.05, 4.69) is 27.3 Å². The second kappa shape index (κ2) is 6.53. The van der Waals surface area contributed by atoms with Crippen molar-refractivity contribution in [1.29, 1.82) is 0 Å². The minimum atomic E-state index is -0.198. The molecule has 2 aliphatic heterocycles. The number of carbonyl (C=O) groups is 2. The summed E-state index contributed by atoms with van der Waals surface area (Å²) in [7, 11) is 5.52. The molecule has 1 atom stereocenters. The van der Waals surface area contributed by atoms with Crippen molar-refractivity contribution in [3.8, 4) is 0 Å². The number of piperazine rings is 1. The van der Waals surface area contributed by atoms with Gasteiger partial charge in [0.2, 0.25) is 11.9 Å². The average molecular weight is 349 g/mol. The molecule has 0 radical (unpaired) electrons. The van der Waals surface area contributed by atoms with Crippen LogP contribution in [0.3, 0.4) is 0 Å². The maximum Gasteiger partial charge on any atom is 0.319 e.